The van der Waals surface area contributed by atoms with E-state index in [9.17, 15) is 13.6 Å². The van der Waals surface area contributed by atoms with Gasteiger partial charge in [-0.3, -0.25) is 4.79 Å². The summed E-state index contributed by atoms with van der Waals surface area (Å²) >= 11 is 0. The molecule has 35 heavy (non-hydrogen) atoms. The maximum absolute atomic E-state index is 13.5. The molecular weight excluding hydrogens is 444 g/mol. The van der Waals surface area contributed by atoms with Crippen molar-refractivity contribution >= 4 is 10.8 Å². The second-order valence-electron chi connectivity index (χ2n) is 9.40. The van der Waals surface area contributed by atoms with Gasteiger partial charge in [-0.05, 0) is 86.8 Å². The fourth-order valence-electron chi connectivity index (χ4n) is 5.31. The number of likely N-dealkylation sites (tertiary alicyclic amines) is 1. The predicted octanol–water partition coefficient (Wildman–Crippen LogP) is 5.99. The fraction of sp³-hybridized carbons (Fsp3) is 0.310. The number of fused-ring (bicyclic) bond motifs is 1. The zero-order valence-electron chi connectivity index (χ0n) is 19.6. The van der Waals surface area contributed by atoms with E-state index >= 15 is 0 Å². The van der Waals surface area contributed by atoms with Crippen LogP contribution >= 0.6 is 0 Å². The van der Waals surface area contributed by atoms with Crippen molar-refractivity contribution in [2.45, 2.75) is 37.5 Å². The number of nitrogens with zero attached hydrogens (tertiary/aromatic N) is 2. The van der Waals surface area contributed by atoms with Crippen molar-refractivity contribution in [1.82, 2.24) is 15.1 Å². The van der Waals surface area contributed by atoms with Crippen LogP contribution in [0.15, 0.2) is 77.6 Å². The number of benzene rings is 3. The summed E-state index contributed by atoms with van der Waals surface area (Å²) in [6.45, 7) is 2.94. The van der Waals surface area contributed by atoms with Crippen molar-refractivity contribution in [3.63, 3.8) is 0 Å². The lowest BCUT2D eigenvalue weighted by Gasteiger charge is -2.32. The molecule has 1 aliphatic rings. The topological polar surface area (TPSA) is 49.0 Å². The smallest absolute Gasteiger partial charge is 0.272 e. The molecule has 0 bridgehead atoms. The van der Waals surface area contributed by atoms with Gasteiger partial charge in [0.1, 0.15) is 11.6 Å². The molecule has 4 aromatic rings. The Morgan fingerprint density at radius 2 is 1.43 bits per heavy atom. The van der Waals surface area contributed by atoms with Gasteiger partial charge in [-0.2, -0.15) is 5.10 Å². The molecule has 0 unspecified atom stereocenters. The third-order valence-electron chi connectivity index (χ3n) is 7.21. The van der Waals surface area contributed by atoms with E-state index in [-0.39, 0.29) is 23.1 Å². The van der Waals surface area contributed by atoms with Crippen LogP contribution < -0.4 is 5.56 Å². The van der Waals surface area contributed by atoms with Crippen LogP contribution in [0.25, 0.3) is 10.8 Å². The van der Waals surface area contributed by atoms with E-state index in [4.69, 9.17) is 0 Å². The summed E-state index contributed by atoms with van der Waals surface area (Å²) in [6, 6.07) is 21.0. The number of H-pyrrole nitrogens is 1. The summed E-state index contributed by atoms with van der Waals surface area (Å²) in [7, 11) is 0. The highest BCUT2D eigenvalue weighted by molar-refractivity contribution is 5.83. The number of rotatable bonds is 7. The molecule has 0 spiro atoms. The molecule has 2 heterocycles. The van der Waals surface area contributed by atoms with E-state index < -0.39 is 0 Å². The van der Waals surface area contributed by atoms with Gasteiger partial charge < -0.3 is 4.90 Å². The maximum Gasteiger partial charge on any atom is 0.272 e. The zero-order chi connectivity index (χ0) is 24.2. The SMILES string of the molecule is O=c1[nH]nc(C2CCN(CCCC(c3ccc(F)cc3)c3ccc(F)cc3)CC2)c2ccccc12. The lowest BCUT2D eigenvalue weighted by Crippen LogP contribution is -2.34. The molecule has 1 saturated heterocycles. The number of hydrogen-bond acceptors (Lipinski definition) is 3. The highest BCUT2D eigenvalue weighted by Gasteiger charge is 2.24. The molecule has 0 amide bonds. The van der Waals surface area contributed by atoms with Crippen LogP contribution in [0.5, 0.6) is 0 Å². The second kappa shape index (κ2) is 10.5. The lowest BCUT2D eigenvalue weighted by molar-refractivity contribution is 0.206. The highest BCUT2D eigenvalue weighted by atomic mass is 19.1. The molecule has 0 aliphatic carbocycles. The Bertz CT molecular complexity index is 1280. The fourth-order valence-corrected chi connectivity index (χ4v) is 5.31. The van der Waals surface area contributed by atoms with Crippen molar-refractivity contribution in [1.29, 1.82) is 0 Å². The minimum Gasteiger partial charge on any atom is -0.303 e. The molecule has 1 fully saturated rings. The maximum atomic E-state index is 13.5. The number of hydrogen-bond donors (Lipinski definition) is 1. The quantitative estimate of drug-likeness (QED) is 0.359. The van der Waals surface area contributed by atoms with Crippen LogP contribution in [0.2, 0.25) is 0 Å². The van der Waals surface area contributed by atoms with Gasteiger partial charge in [0.25, 0.3) is 5.56 Å². The molecule has 0 radical (unpaired) electrons. The molecule has 180 valence electrons. The van der Waals surface area contributed by atoms with Crippen LogP contribution in [0.3, 0.4) is 0 Å². The lowest BCUT2D eigenvalue weighted by atomic mass is 9.87. The van der Waals surface area contributed by atoms with Crippen molar-refractivity contribution in [3.05, 3.63) is 112 Å². The normalized spacial score (nSPS) is 15.2. The molecule has 3 aromatic carbocycles. The van der Waals surface area contributed by atoms with Gasteiger partial charge in [-0.15, -0.1) is 0 Å². The summed E-state index contributed by atoms with van der Waals surface area (Å²) in [5.41, 5.74) is 2.95. The monoisotopic (exact) mass is 473 g/mol. The summed E-state index contributed by atoms with van der Waals surface area (Å²) in [5.74, 6) is -0.0666. The summed E-state index contributed by atoms with van der Waals surface area (Å²) < 4.78 is 27.0. The Kier molecular flexibility index (Phi) is 7.00. The van der Waals surface area contributed by atoms with Crippen LogP contribution in [0, 0.1) is 11.6 Å². The van der Waals surface area contributed by atoms with Crippen LogP contribution in [-0.2, 0) is 0 Å². The van der Waals surface area contributed by atoms with Gasteiger partial charge >= 0.3 is 0 Å². The van der Waals surface area contributed by atoms with E-state index in [0.29, 0.717) is 11.3 Å². The van der Waals surface area contributed by atoms with Gasteiger partial charge in [-0.1, -0.05) is 42.5 Å². The first kappa shape index (κ1) is 23.4. The number of aromatic nitrogens is 2. The highest BCUT2D eigenvalue weighted by Crippen LogP contribution is 2.32. The second-order valence-corrected chi connectivity index (χ2v) is 9.40. The van der Waals surface area contributed by atoms with Gasteiger partial charge in [0.2, 0.25) is 0 Å². The van der Waals surface area contributed by atoms with Crippen molar-refractivity contribution < 1.29 is 8.78 Å². The number of nitrogens with one attached hydrogen (secondary N) is 1. The minimum absolute atomic E-state index is 0.102. The number of halogens is 2. The van der Waals surface area contributed by atoms with Crippen molar-refractivity contribution in [2.75, 3.05) is 19.6 Å². The first-order chi connectivity index (χ1) is 17.1. The van der Waals surface area contributed by atoms with E-state index in [2.05, 4.69) is 15.1 Å². The molecule has 1 aliphatic heterocycles. The zero-order valence-corrected chi connectivity index (χ0v) is 19.6. The standard InChI is InChI=1S/C29H29F2N3O/c30-23-11-7-20(8-12-23)25(21-9-13-24(31)14-10-21)6-3-17-34-18-15-22(16-19-34)28-26-4-1-2-5-27(26)29(35)33-32-28/h1-2,4-5,7-14,22,25H,3,6,15-19H2,(H,33,35). The van der Waals surface area contributed by atoms with E-state index in [1.54, 1.807) is 0 Å². The Morgan fingerprint density at radius 1 is 0.857 bits per heavy atom. The van der Waals surface area contributed by atoms with Crippen molar-refractivity contribution in [3.8, 4) is 0 Å². The molecule has 1 N–H and O–H groups in total. The summed E-state index contributed by atoms with van der Waals surface area (Å²) in [5, 5.41) is 8.74. The molecule has 0 atom stereocenters. The first-order valence-corrected chi connectivity index (χ1v) is 12.3. The van der Waals surface area contributed by atoms with E-state index in [0.717, 1.165) is 67.5 Å². The average molecular weight is 474 g/mol. The van der Waals surface area contributed by atoms with Gasteiger partial charge in [0.15, 0.2) is 0 Å². The molecule has 0 saturated carbocycles. The van der Waals surface area contributed by atoms with Crippen molar-refractivity contribution in [2.24, 2.45) is 0 Å². The molecule has 1 aromatic heterocycles. The third kappa shape index (κ3) is 5.33. The van der Waals surface area contributed by atoms with Gasteiger partial charge in [0, 0.05) is 17.2 Å². The predicted molar refractivity (Wildman–Crippen MR) is 135 cm³/mol. The Morgan fingerprint density at radius 3 is 2.03 bits per heavy atom. The average Bonchev–Trinajstić information content (AvgIpc) is 2.89. The van der Waals surface area contributed by atoms with Gasteiger partial charge in [0.05, 0.1) is 11.1 Å². The van der Waals surface area contributed by atoms with E-state index in [1.165, 1.54) is 24.3 Å². The van der Waals surface area contributed by atoms with Crippen LogP contribution in [-0.4, -0.2) is 34.7 Å². The molecule has 6 heteroatoms. The van der Waals surface area contributed by atoms with Crippen LogP contribution in [0.1, 0.15) is 54.3 Å². The summed E-state index contributed by atoms with van der Waals surface area (Å²) in [6.07, 6.45) is 3.90. The first-order valence-electron chi connectivity index (χ1n) is 12.3. The Hall–Kier alpha value is -3.38. The molecule has 5 rings (SSSR count). The molecule has 4 nitrogen and oxygen atoms in total. The third-order valence-corrected chi connectivity index (χ3v) is 7.21. The number of aromatic amines is 1. The Balaban J connectivity index is 1.21. The minimum atomic E-state index is -0.251. The molecular formula is C29H29F2N3O. The largest absolute Gasteiger partial charge is 0.303 e. The van der Waals surface area contributed by atoms with E-state index in [1.807, 2.05) is 48.5 Å². The number of piperidine rings is 1. The van der Waals surface area contributed by atoms with Crippen LogP contribution in [0.4, 0.5) is 8.78 Å². The Labute approximate surface area is 203 Å². The van der Waals surface area contributed by atoms with Gasteiger partial charge in [-0.25, -0.2) is 13.9 Å². The summed E-state index contributed by atoms with van der Waals surface area (Å²) in [4.78, 5) is 14.6.